The molecule has 3 aromatic rings. The van der Waals surface area contributed by atoms with Crippen LogP contribution in [0.1, 0.15) is 62.0 Å². The Balaban J connectivity index is 1.82. The lowest BCUT2D eigenvalue weighted by atomic mass is 9.63. The van der Waals surface area contributed by atoms with Crippen LogP contribution in [0.4, 0.5) is 0 Å². The Morgan fingerprint density at radius 1 is 0.741 bits per heavy atom. The number of carbonyl (C=O) groups is 1. The zero-order chi connectivity index (χ0) is 19.4. The van der Waals surface area contributed by atoms with Gasteiger partial charge in [0.1, 0.15) is 0 Å². The minimum atomic E-state index is -0.888. The van der Waals surface area contributed by atoms with Crippen LogP contribution in [0.3, 0.4) is 0 Å². The molecule has 0 amide bonds. The zero-order valence-electron chi connectivity index (χ0n) is 16.5. The molecule has 1 N–H and O–H groups in total. The summed E-state index contributed by atoms with van der Waals surface area (Å²) in [6.45, 7) is 9.38. The number of rotatable bonds is 2. The van der Waals surface area contributed by atoms with E-state index in [-0.39, 0.29) is 10.8 Å². The van der Waals surface area contributed by atoms with Crippen molar-refractivity contribution in [3.8, 4) is 11.1 Å². The quantitative estimate of drug-likeness (QED) is 0.563. The molecule has 0 aromatic heterocycles. The molecule has 0 aliphatic heterocycles. The summed E-state index contributed by atoms with van der Waals surface area (Å²) in [7, 11) is 0. The second-order valence-electron chi connectivity index (χ2n) is 9.11. The smallest absolute Gasteiger partial charge is 0.335 e. The largest absolute Gasteiger partial charge is 0.478 e. The van der Waals surface area contributed by atoms with Crippen molar-refractivity contribution >= 4 is 16.7 Å². The number of aromatic carboxylic acids is 1. The van der Waals surface area contributed by atoms with E-state index in [1.54, 1.807) is 12.1 Å². The Labute approximate surface area is 160 Å². The van der Waals surface area contributed by atoms with Crippen LogP contribution in [0.5, 0.6) is 0 Å². The molecule has 27 heavy (non-hydrogen) atoms. The Kier molecular flexibility index (Phi) is 3.92. The van der Waals surface area contributed by atoms with Crippen LogP contribution in [0, 0.1) is 0 Å². The number of hydrogen-bond acceptors (Lipinski definition) is 1. The minimum Gasteiger partial charge on any atom is -0.478 e. The maximum atomic E-state index is 11.2. The van der Waals surface area contributed by atoms with Crippen LogP contribution < -0.4 is 0 Å². The monoisotopic (exact) mass is 358 g/mol. The van der Waals surface area contributed by atoms with E-state index in [1.165, 1.54) is 35.1 Å². The standard InChI is InChI=1S/C25H26O2/c1-24(2)11-12-25(3,4)22-15-19(9-10-21(22)24)17-5-6-18-14-20(23(26)27)8-7-16(18)13-17/h5-10,13-15H,11-12H2,1-4H3,(H,26,27). The predicted octanol–water partition coefficient (Wildman–Crippen LogP) is 6.55. The predicted molar refractivity (Wildman–Crippen MR) is 112 cm³/mol. The molecule has 1 aliphatic carbocycles. The highest BCUT2D eigenvalue weighted by molar-refractivity contribution is 5.95. The molecule has 0 saturated heterocycles. The third kappa shape index (κ3) is 3.03. The van der Waals surface area contributed by atoms with Gasteiger partial charge in [0.15, 0.2) is 0 Å². The summed E-state index contributed by atoms with van der Waals surface area (Å²) >= 11 is 0. The first-order chi connectivity index (χ1) is 12.7. The van der Waals surface area contributed by atoms with E-state index in [0.717, 1.165) is 10.8 Å². The van der Waals surface area contributed by atoms with Gasteiger partial charge in [-0.25, -0.2) is 4.79 Å². The second-order valence-corrected chi connectivity index (χ2v) is 9.11. The average molecular weight is 358 g/mol. The van der Waals surface area contributed by atoms with E-state index in [4.69, 9.17) is 0 Å². The molecular weight excluding hydrogens is 332 g/mol. The summed E-state index contributed by atoms with van der Waals surface area (Å²) in [5, 5.41) is 11.2. The number of hydrogen-bond donors (Lipinski definition) is 1. The van der Waals surface area contributed by atoms with Crippen LogP contribution in [0.25, 0.3) is 21.9 Å². The van der Waals surface area contributed by atoms with E-state index in [0.29, 0.717) is 5.56 Å². The van der Waals surface area contributed by atoms with E-state index in [2.05, 4.69) is 58.0 Å². The molecule has 4 rings (SSSR count). The summed E-state index contributed by atoms with van der Waals surface area (Å²) < 4.78 is 0. The van der Waals surface area contributed by atoms with Crippen LogP contribution in [-0.2, 0) is 10.8 Å². The van der Waals surface area contributed by atoms with E-state index >= 15 is 0 Å². The van der Waals surface area contributed by atoms with Crippen molar-refractivity contribution in [2.24, 2.45) is 0 Å². The van der Waals surface area contributed by atoms with Crippen LogP contribution in [0.15, 0.2) is 54.6 Å². The van der Waals surface area contributed by atoms with Crippen molar-refractivity contribution in [2.75, 3.05) is 0 Å². The lowest BCUT2D eigenvalue weighted by Crippen LogP contribution is -2.33. The fourth-order valence-corrected chi connectivity index (χ4v) is 4.33. The number of carboxylic acids is 1. The normalized spacial score (nSPS) is 17.5. The summed E-state index contributed by atoms with van der Waals surface area (Å²) in [5.41, 5.74) is 6.06. The van der Waals surface area contributed by atoms with E-state index in [1.807, 2.05) is 12.1 Å². The lowest BCUT2D eigenvalue weighted by Gasteiger charge is -2.42. The Bertz CT molecular complexity index is 1060. The zero-order valence-corrected chi connectivity index (χ0v) is 16.5. The van der Waals surface area contributed by atoms with E-state index in [9.17, 15) is 9.90 Å². The summed E-state index contributed by atoms with van der Waals surface area (Å²) in [6.07, 6.45) is 2.42. The van der Waals surface area contributed by atoms with Gasteiger partial charge < -0.3 is 5.11 Å². The summed E-state index contributed by atoms with van der Waals surface area (Å²) in [5.74, 6) is -0.888. The summed E-state index contributed by atoms with van der Waals surface area (Å²) in [6, 6.07) is 18.5. The maximum Gasteiger partial charge on any atom is 0.335 e. The minimum absolute atomic E-state index is 0.189. The van der Waals surface area contributed by atoms with Gasteiger partial charge in [-0.2, -0.15) is 0 Å². The molecule has 0 spiro atoms. The van der Waals surface area contributed by atoms with Gasteiger partial charge in [0, 0.05) is 0 Å². The molecule has 138 valence electrons. The third-order valence-electron chi connectivity index (χ3n) is 6.27. The summed E-state index contributed by atoms with van der Waals surface area (Å²) in [4.78, 5) is 11.2. The van der Waals surface area contributed by atoms with Gasteiger partial charge in [0.25, 0.3) is 0 Å². The molecule has 0 saturated carbocycles. The molecule has 0 fully saturated rings. The van der Waals surface area contributed by atoms with Gasteiger partial charge in [-0.05, 0) is 74.9 Å². The molecule has 2 nitrogen and oxygen atoms in total. The second kappa shape index (κ2) is 5.95. The Morgan fingerprint density at radius 3 is 2.00 bits per heavy atom. The highest BCUT2D eigenvalue weighted by atomic mass is 16.4. The van der Waals surface area contributed by atoms with Crippen molar-refractivity contribution in [3.05, 3.63) is 71.3 Å². The van der Waals surface area contributed by atoms with Gasteiger partial charge in [-0.15, -0.1) is 0 Å². The number of benzene rings is 3. The third-order valence-corrected chi connectivity index (χ3v) is 6.27. The number of fused-ring (bicyclic) bond motifs is 2. The van der Waals surface area contributed by atoms with Gasteiger partial charge in [-0.3, -0.25) is 0 Å². The molecule has 0 atom stereocenters. The topological polar surface area (TPSA) is 37.3 Å². The van der Waals surface area contributed by atoms with Crippen molar-refractivity contribution < 1.29 is 9.90 Å². The van der Waals surface area contributed by atoms with Crippen LogP contribution in [0.2, 0.25) is 0 Å². The first-order valence-corrected chi connectivity index (χ1v) is 9.60. The molecule has 2 heteroatoms. The molecule has 0 bridgehead atoms. The lowest BCUT2D eigenvalue weighted by molar-refractivity contribution is 0.0697. The number of carboxylic acid groups (broad SMARTS) is 1. The van der Waals surface area contributed by atoms with E-state index < -0.39 is 5.97 Å². The molecule has 0 radical (unpaired) electrons. The first-order valence-electron chi connectivity index (χ1n) is 9.60. The van der Waals surface area contributed by atoms with Gasteiger partial charge in [-0.1, -0.05) is 64.1 Å². The molecular formula is C25H26O2. The Hall–Kier alpha value is -2.61. The first kappa shape index (κ1) is 17.8. The van der Waals surface area contributed by atoms with Gasteiger partial charge in [0.2, 0.25) is 0 Å². The van der Waals surface area contributed by atoms with Crippen molar-refractivity contribution in [3.63, 3.8) is 0 Å². The molecule has 0 unspecified atom stereocenters. The van der Waals surface area contributed by atoms with Gasteiger partial charge in [0.05, 0.1) is 5.56 Å². The van der Waals surface area contributed by atoms with Crippen molar-refractivity contribution in [1.82, 2.24) is 0 Å². The maximum absolute atomic E-state index is 11.2. The van der Waals surface area contributed by atoms with Crippen molar-refractivity contribution in [1.29, 1.82) is 0 Å². The van der Waals surface area contributed by atoms with Crippen LogP contribution in [-0.4, -0.2) is 11.1 Å². The van der Waals surface area contributed by atoms with Crippen molar-refractivity contribution in [2.45, 2.75) is 51.4 Å². The van der Waals surface area contributed by atoms with Gasteiger partial charge >= 0.3 is 5.97 Å². The molecule has 0 heterocycles. The SMILES string of the molecule is CC1(C)CCC(C)(C)c2cc(-c3ccc4cc(C(=O)O)ccc4c3)ccc21. The average Bonchev–Trinajstić information content (AvgIpc) is 2.64. The highest BCUT2D eigenvalue weighted by Crippen LogP contribution is 2.46. The highest BCUT2D eigenvalue weighted by Gasteiger charge is 2.36. The fraction of sp³-hybridized carbons (Fsp3) is 0.320. The fourth-order valence-electron chi connectivity index (χ4n) is 4.33. The Morgan fingerprint density at radius 2 is 1.30 bits per heavy atom. The van der Waals surface area contributed by atoms with Crippen LogP contribution >= 0.6 is 0 Å². The molecule has 3 aromatic carbocycles. The molecule has 1 aliphatic rings.